The molecule has 0 aliphatic heterocycles. The fourth-order valence-electron chi connectivity index (χ4n) is 1.90. The molecule has 0 saturated carbocycles. The van der Waals surface area contributed by atoms with E-state index in [9.17, 15) is 13.6 Å². The molecule has 2 aromatic rings. The Bertz CT molecular complexity index is 624. The van der Waals surface area contributed by atoms with Gasteiger partial charge in [0.1, 0.15) is 11.4 Å². The van der Waals surface area contributed by atoms with E-state index in [4.69, 9.17) is 5.73 Å². The summed E-state index contributed by atoms with van der Waals surface area (Å²) in [6.07, 6.45) is 1.68. The summed E-state index contributed by atoms with van der Waals surface area (Å²) >= 11 is 0. The number of nitrogen functional groups attached to an aromatic ring is 1. The molecule has 112 valence electrons. The summed E-state index contributed by atoms with van der Waals surface area (Å²) in [5.74, 6) is -0.291. The molecule has 1 aromatic heterocycles. The molecule has 1 amide bonds. The minimum Gasteiger partial charge on any atom is -0.435 e. The lowest BCUT2D eigenvalue weighted by molar-refractivity contribution is -0.0498. The highest BCUT2D eigenvalue weighted by atomic mass is 19.3. The maximum absolute atomic E-state index is 12.1. The predicted octanol–water partition coefficient (Wildman–Crippen LogP) is 2.94. The normalized spacial score (nSPS) is 10.7. The van der Waals surface area contributed by atoms with Crippen molar-refractivity contribution in [1.82, 2.24) is 4.57 Å². The first-order valence-electron chi connectivity index (χ1n) is 6.31. The summed E-state index contributed by atoms with van der Waals surface area (Å²) in [5.41, 5.74) is 7.08. The largest absolute Gasteiger partial charge is 0.435 e. The van der Waals surface area contributed by atoms with Crippen molar-refractivity contribution in [2.75, 3.05) is 11.1 Å². The van der Waals surface area contributed by atoms with Gasteiger partial charge in [-0.15, -0.1) is 0 Å². The number of amides is 1. The first-order chi connectivity index (χ1) is 9.99. The van der Waals surface area contributed by atoms with Crippen molar-refractivity contribution >= 4 is 17.3 Å². The van der Waals surface area contributed by atoms with Crippen molar-refractivity contribution < 1.29 is 18.3 Å². The van der Waals surface area contributed by atoms with Crippen LogP contribution in [0, 0.1) is 0 Å². The molecule has 5 nitrogen and oxygen atoms in total. The van der Waals surface area contributed by atoms with E-state index in [2.05, 4.69) is 10.1 Å². The Kier molecular flexibility index (Phi) is 4.42. The van der Waals surface area contributed by atoms with Crippen molar-refractivity contribution in [3.63, 3.8) is 0 Å². The van der Waals surface area contributed by atoms with Crippen LogP contribution in [0.1, 0.15) is 17.4 Å². The number of halogens is 2. The Morgan fingerprint density at radius 3 is 2.62 bits per heavy atom. The zero-order valence-electron chi connectivity index (χ0n) is 11.3. The van der Waals surface area contributed by atoms with Gasteiger partial charge in [0.2, 0.25) is 0 Å². The van der Waals surface area contributed by atoms with Crippen LogP contribution in [0.5, 0.6) is 5.75 Å². The van der Waals surface area contributed by atoms with Gasteiger partial charge in [0, 0.05) is 18.4 Å². The summed E-state index contributed by atoms with van der Waals surface area (Å²) in [7, 11) is 0. The summed E-state index contributed by atoms with van der Waals surface area (Å²) < 4.78 is 30.0. The zero-order chi connectivity index (χ0) is 15.4. The number of hydrogen-bond acceptors (Lipinski definition) is 3. The number of ether oxygens (including phenoxy) is 1. The smallest absolute Gasteiger partial charge is 0.387 e. The van der Waals surface area contributed by atoms with Crippen molar-refractivity contribution in [1.29, 1.82) is 0 Å². The van der Waals surface area contributed by atoms with Crippen LogP contribution in [0.4, 0.5) is 20.2 Å². The van der Waals surface area contributed by atoms with Crippen LogP contribution in [0.3, 0.4) is 0 Å². The van der Waals surface area contributed by atoms with Gasteiger partial charge in [0.05, 0.1) is 5.69 Å². The molecular weight excluding hydrogens is 280 g/mol. The number of hydrogen-bond donors (Lipinski definition) is 2. The highest BCUT2D eigenvalue weighted by Crippen LogP contribution is 2.19. The summed E-state index contributed by atoms with van der Waals surface area (Å²) in [4.78, 5) is 12.1. The lowest BCUT2D eigenvalue weighted by Crippen LogP contribution is -2.16. The summed E-state index contributed by atoms with van der Waals surface area (Å²) in [6.45, 7) is -0.366. The Labute approximate surface area is 120 Å². The monoisotopic (exact) mass is 295 g/mol. The third kappa shape index (κ3) is 3.71. The Hall–Kier alpha value is -2.57. The number of nitrogens with two attached hydrogens (primary N) is 1. The van der Waals surface area contributed by atoms with Crippen molar-refractivity contribution in [2.45, 2.75) is 20.1 Å². The van der Waals surface area contributed by atoms with E-state index in [1.807, 2.05) is 6.92 Å². The molecule has 0 unspecified atom stereocenters. The number of benzene rings is 1. The van der Waals surface area contributed by atoms with Crippen LogP contribution in [0.25, 0.3) is 0 Å². The number of anilines is 2. The molecule has 21 heavy (non-hydrogen) atoms. The third-order valence-corrected chi connectivity index (χ3v) is 2.83. The molecule has 1 aromatic carbocycles. The first-order valence-corrected chi connectivity index (χ1v) is 6.31. The van der Waals surface area contributed by atoms with Crippen LogP contribution in [0.15, 0.2) is 36.5 Å². The second kappa shape index (κ2) is 6.25. The Morgan fingerprint density at radius 1 is 1.38 bits per heavy atom. The minimum absolute atomic E-state index is 0.0316. The number of rotatable bonds is 5. The first kappa shape index (κ1) is 14.8. The number of carbonyl (C=O) groups excluding carboxylic acids is 1. The molecule has 7 heteroatoms. The molecule has 0 aliphatic rings. The molecule has 3 N–H and O–H groups in total. The number of aromatic nitrogens is 1. The van der Waals surface area contributed by atoms with Gasteiger partial charge in [0.25, 0.3) is 5.91 Å². The van der Waals surface area contributed by atoms with Crippen LogP contribution >= 0.6 is 0 Å². The SMILES string of the molecule is CCn1cc(N)cc1C(=O)Nc1ccc(OC(F)F)cc1. The molecule has 0 spiro atoms. The molecule has 0 radical (unpaired) electrons. The van der Waals surface area contributed by atoms with Gasteiger partial charge in [-0.05, 0) is 37.3 Å². The van der Waals surface area contributed by atoms with E-state index in [-0.39, 0.29) is 11.7 Å². The van der Waals surface area contributed by atoms with Crippen molar-refractivity contribution in [3.8, 4) is 5.75 Å². The topological polar surface area (TPSA) is 69.3 Å². The summed E-state index contributed by atoms with van der Waals surface area (Å²) in [5, 5.41) is 2.67. The second-order valence-electron chi connectivity index (χ2n) is 4.30. The maximum atomic E-state index is 12.1. The predicted molar refractivity (Wildman–Crippen MR) is 75.5 cm³/mol. The van der Waals surface area contributed by atoms with Gasteiger partial charge in [-0.3, -0.25) is 4.79 Å². The molecule has 0 saturated heterocycles. The van der Waals surface area contributed by atoms with Gasteiger partial charge in [0.15, 0.2) is 0 Å². The second-order valence-corrected chi connectivity index (χ2v) is 4.30. The van der Waals surface area contributed by atoms with Crippen LogP contribution in [-0.2, 0) is 6.54 Å². The lowest BCUT2D eigenvalue weighted by Gasteiger charge is -2.09. The highest BCUT2D eigenvalue weighted by molar-refractivity contribution is 6.03. The molecule has 0 fully saturated rings. The van der Waals surface area contributed by atoms with E-state index in [1.54, 1.807) is 16.8 Å². The van der Waals surface area contributed by atoms with Crippen molar-refractivity contribution in [3.05, 3.63) is 42.2 Å². The Morgan fingerprint density at radius 2 is 2.05 bits per heavy atom. The molecular formula is C14H15F2N3O2. The van der Waals surface area contributed by atoms with Gasteiger partial charge < -0.3 is 20.4 Å². The molecule has 1 heterocycles. The number of carbonyl (C=O) groups is 1. The fourth-order valence-corrected chi connectivity index (χ4v) is 1.90. The average Bonchev–Trinajstić information content (AvgIpc) is 2.82. The van der Waals surface area contributed by atoms with E-state index >= 15 is 0 Å². The standard InChI is InChI=1S/C14H15F2N3O2/c1-2-19-8-9(17)7-12(19)13(20)18-10-3-5-11(6-4-10)21-14(15)16/h3-8,14H,2,17H2,1H3,(H,18,20). The molecule has 0 atom stereocenters. The van der Waals surface area contributed by atoms with Crippen LogP contribution in [0.2, 0.25) is 0 Å². The molecule has 2 rings (SSSR count). The number of alkyl halides is 2. The van der Waals surface area contributed by atoms with E-state index < -0.39 is 6.61 Å². The van der Waals surface area contributed by atoms with Crippen molar-refractivity contribution in [2.24, 2.45) is 0 Å². The fraction of sp³-hybridized carbons (Fsp3) is 0.214. The molecule has 0 aliphatic carbocycles. The third-order valence-electron chi connectivity index (χ3n) is 2.83. The van der Waals surface area contributed by atoms with Gasteiger partial charge in [-0.1, -0.05) is 0 Å². The van der Waals surface area contributed by atoms with Crippen LogP contribution in [-0.4, -0.2) is 17.1 Å². The van der Waals surface area contributed by atoms with E-state index in [0.29, 0.717) is 23.6 Å². The quantitative estimate of drug-likeness (QED) is 0.891. The van der Waals surface area contributed by atoms with E-state index in [1.165, 1.54) is 24.3 Å². The van der Waals surface area contributed by atoms with E-state index in [0.717, 1.165) is 0 Å². The Balaban J connectivity index is 2.08. The number of nitrogens with zero attached hydrogens (tertiary/aromatic N) is 1. The van der Waals surface area contributed by atoms with Gasteiger partial charge in [-0.2, -0.15) is 8.78 Å². The zero-order valence-corrected chi connectivity index (χ0v) is 11.3. The molecule has 0 bridgehead atoms. The lowest BCUT2D eigenvalue weighted by atomic mass is 10.3. The highest BCUT2D eigenvalue weighted by Gasteiger charge is 2.12. The minimum atomic E-state index is -2.87. The maximum Gasteiger partial charge on any atom is 0.387 e. The summed E-state index contributed by atoms with van der Waals surface area (Å²) in [6, 6.07) is 7.26. The van der Waals surface area contributed by atoms with Crippen LogP contribution < -0.4 is 15.8 Å². The number of aryl methyl sites for hydroxylation is 1. The number of nitrogens with one attached hydrogen (secondary N) is 1. The van der Waals surface area contributed by atoms with Gasteiger partial charge >= 0.3 is 6.61 Å². The average molecular weight is 295 g/mol. The van der Waals surface area contributed by atoms with Gasteiger partial charge in [-0.25, -0.2) is 0 Å².